The largest absolute Gasteiger partial charge is 0.380 e. The molecule has 2 aromatic heterocycles. The number of carbonyl (C=O) groups excluding carboxylic acids is 1. The van der Waals surface area contributed by atoms with Crippen molar-refractivity contribution in [3.05, 3.63) is 30.6 Å². The Labute approximate surface area is 156 Å². The second-order valence-electron chi connectivity index (χ2n) is 7.16. The Morgan fingerprint density at radius 3 is 3.15 bits per heavy atom. The van der Waals surface area contributed by atoms with Crippen LogP contribution in [0.3, 0.4) is 0 Å². The molecule has 1 amide bonds. The van der Waals surface area contributed by atoms with Crippen LogP contribution in [0.15, 0.2) is 30.6 Å². The molecule has 0 spiro atoms. The van der Waals surface area contributed by atoms with Crippen LogP contribution in [0.5, 0.6) is 0 Å². The Morgan fingerprint density at radius 2 is 2.30 bits per heavy atom. The van der Waals surface area contributed by atoms with Gasteiger partial charge in [-0.25, -0.2) is 14.4 Å². The van der Waals surface area contributed by atoms with Crippen LogP contribution in [0, 0.1) is 11.3 Å². The lowest BCUT2D eigenvalue weighted by Gasteiger charge is -2.23. The molecule has 4 rings (SSSR count). The fourth-order valence-corrected chi connectivity index (χ4v) is 3.84. The quantitative estimate of drug-likeness (QED) is 0.882. The lowest BCUT2D eigenvalue weighted by Crippen LogP contribution is -2.42. The Morgan fingerprint density at radius 1 is 1.41 bits per heavy atom. The molecule has 1 N–H and O–H groups in total. The van der Waals surface area contributed by atoms with Gasteiger partial charge in [-0.2, -0.15) is 5.26 Å². The highest BCUT2D eigenvalue weighted by molar-refractivity contribution is 5.79. The Balaban J connectivity index is 1.33. The number of halogens is 1. The summed E-state index contributed by atoms with van der Waals surface area (Å²) in [4.78, 5) is 24.5. The molecule has 1 unspecified atom stereocenters. The number of anilines is 1. The zero-order valence-corrected chi connectivity index (χ0v) is 14.9. The average molecular weight is 368 g/mol. The highest BCUT2D eigenvalue weighted by Crippen LogP contribution is 2.22. The summed E-state index contributed by atoms with van der Waals surface area (Å²) in [5.74, 6) is -0.166. The van der Waals surface area contributed by atoms with Crippen molar-refractivity contribution in [1.29, 1.82) is 5.26 Å². The summed E-state index contributed by atoms with van der Waals surface area (Å²) < 4.78 is 13.5. The van der Waals surface area contributed by atoms with Crippen molar-refractivity contribution in [1.82, 2.24) is 19.8 Å². The first-order chi connectivity index (χ1) is 13.1. The second-order valence-corrected chi connectivity index (χ2v) is 7.16. The molecule has 4 heterocycles. The summed E-state index contributed by atoms with van der Waals surface area (Å²) in [6.45, 7) is 1.77. The van der Waals surface area contributed by atoms with E-state index in [2.05, 4.69) is 20.2 Å². The summed E-state index contributed by atoms with van der Waals surface area (Å²) in [5, 5.41) is 13.5. The SMILES string of the molecule is N#CC1C[C@H](F)CN1C(=O)CN1CC[C@H](Nc2cnc3ncccc3c2)C1. The van der Waals surface area contributed by atoms with Gasteiger partial charge in [0.2, 0.25) is 5.91 Å². The van der Waals surface area contributed by atoms with Gasteiger partial charge in [0.05, 0.1) is 31.0 Å². The lowest BCUT2D eigenvalue weighted by atomic mass is 10.2. The number of aromatic nitrogens is 2. The molecule has 27 heavy (non-hydrogen) atoms. The van der Waals surface area contributed by atoms with E-state index in [4.69, 9.17) is 5.26 Å². The van der Waals surface area contributed by atoms with Crippen LogP contribution in [0.2, 0.25) is 0 Å². The normalized spacial score (nSPS) is 25.6. The monoisotopic (exact) mass is 368 g/mol. The number of amides is 1. The fraction of sp³-hybridized carbons (Fsp3) is 0.474. The Kier molecular flexibility index (Phi) is 4.86. The van der Waals surface area contributed by atoms with Crippen LogP contribution < -0.4 is 5.32 Å². The number of likely N-dealkylation sites (tertiary alicyclic amines) is 2. The van der Waals surface area contributed by atoms with Gasteiger partial charge in [0.1, 0.15) is 12.2 Å². The van der Waals surface area contributed by atoms with Gasteiger partial charge in [0.15, 0.2) is 5.65 Å². The first kappa shape index (κ1) is 17.6. The van der Waals surface area contributed by atoms with Crippen LogP contribution in [0.1, 0.15) is 12.8 Å². The van der Waals surface area contributed by atoms with E-state index < -0.39 is 12.2 Å². The molecule has 7 nitrogen and oxygen atoms in total. The van der Waals surface area contributed by atoms with Gasteiger partial charge < -0.3 is 10.2 Å². The number of hydrogen-bond acceptors (Lipinski definition) is 6. The van der Waals surface area contributed by atoms with E-state index >= 15 is 0 Å². The standard InChI is InChI=1S/C19H21FN6O/c20-14-7-17(8-21)26(10-14)18(27)12-25-5-3-15(11-25)24-16-6-13-2-1-4-22-19(13)23-9-16/h1-2,4,6,9,14-15,17,24H,3,5,7,10-12H2/t14-,15-,17?/m0/s1. The van der Waals surface area contributed by atoms with Crippen LogP contribution in [0.25, 0.3) is 11.0 Å². The smallest absolute Gasteiger partial charge is 0.237 e. The zero-order chi connectivity index (χ0) is 18.8. The van der Waals surface area contributed by atoms with Gasteiger partial charge in [0, 0.05) is 37.1 Å². The molecular formula is C19H21FN6O. The molecule has 2 fully saturated rings. The average Bonchev–Trinajstić information content (AvgIpc) is 3.27. The van der Waals surface area contributed by atoms with Crippen LogP contribution in [0.4, 0.5) is 10.1 Å². The number of alkyl halides is 1. The number of fused-ring (bicyclic) bond motifs is 1. The van der Waals surface area contributed by atoms with Gasteiger partial charge in [-0.1, -0.05) is 0 Å². The molecule has 8 heteroatoms. The van der Waals surface area contributed by atoms with E-state index in [1.165, 1.54) is 4.90 Å². The van der Waals surface area contributed by atoms with Crippen molar-refractivity contribution in [3.8, 4) is 6.07 Å². The molecule has 2 aromatic rings. The maximum atomic E-state index is 13.5. The number of hydrogen-bond donors (Lipinski definition) is 1. The van der Waals surface area contributed by atoms with E-state index in [1.807, 2.05) is 24.3 Å². The van der Waals surface area contributed by atoms with E-state index in [1.54, 1.807) is 12.4 Å². The summed E-state index contributed by atoms with van der Waals surface area (Å²) in [6, 6.07) is 7.48. The third kappa shape index (κ3) is 3.83. The van der Waals surface area contributed by atoms with Gasteiger partial charge in [-0.15, -0.1) is 0 Å². The number of nitriles is 1. The Hall–Kier alpha value is -2.79. The summed E-state index contributed by atoms with van der Waals surface area (Å²) in [7, 11) is 0. The highest BCUT2D eigenvalue weighted by atomic mass is 19.1. The molecular weight excluding hydrogens is 347 g/mol. The molecule has 2 saturated heterocycles. The van der Waals surface area contributed by atoms with Gasteiger partial charge >= 0.3 is 0 Å². The van der Waals surface area contributed by atoms with Gasteiger partial charge in [0.25, 0.3) is 0 Å². The van der Waals surface area contributed by atoms with Crippen molar-refractivity contribution in [3.63, 3.8) is 0 Å². The van der Waals surface area contributed by atoms with Gasteiger partial charge in [-0.05, 0) is 24.6 Å². The number of rotatable bonds is 4. The number of nitrogens with one attached hydrogen (secondary N) is 1. The number of pyridine rings is 2. The number of nitrogens with zero attached hydrogens (tertiary/aromatic N) is 5. The molecule has 0 aromatic carbocycles. The fourth-order valence-electron chi connectivity index (χ4n) is 3.84. The van der Waals surface area contributed by atoms with E-state index in [9.17, 15) is 9.18 Å². The topological polar surface area (TPSA) is 85.2 Å². The molecule has 140 valence electrons. The van der Waals surface area contributed by atoms with E-state index in [-0.39, 0.29) is 31.5 Å². The molecule has 3 atom stereocenters. The molecule has 2 aliphatic heterocycles. The minimum atomic E-state index is -1.10. The minimum Gasteiger partial charge on any atom is -0.380 e. The Bertz CT molecular complexity index is 884. The maximum Gasteiger partial charge on any atom is 0.237 e. The second kappa shape index (κ2) is 7.45. The first-order valence-electron chi connectivity index (χ1n) is 9.15. The molecule has 0 bridgehead atoms. The molecule has 0 aliphatic carbocycles. The van der Waals surface area contributed by atoms with E-state index in [0.717, 1.165) is 30.6 Å². The third-order valence-electron chi connectivity index (χ3n) is 5.18. The lowest BCUT2D eigenvalue weighted by molar-refractivity contribution is -0.132. The van der Waals surface area contributed by atoms with Crippen LogP contribution in [-0.2, 0) is 4.79 Å². The molecule has 0 radical (unpaired) electrons. The predicted molar refractivity (Wildman–Crippen MR) is 98.6 cm³/mol. The van der Waals surface area contributed by atoms with Crippen molar-refractivity contribution in [2.75, 3.05) is 31.5 Å². The van der Waals surface area contributed by atoms with Gasteiger partial charge in [-0.3, -0.25) is 9.69 Å². The van der Waals surface area contributed by atoms with E-state index in [0.29, 0.717) is 5.65 Å². The predicted octanol–water partition coefficient (Wildman–Crippen LogP) is 1.58. The van der Waals surface area contributed by atoms with Crippen LogP contribution in [-0.4, -0.2) is 70.1 Å². The van der Waals surface area contributed by atoms with Crippen molar-refractivity contribution >= 4 is 22.6 Å². The van der Waals surface area contributed by atoms with Crippen molar-refractivity contribution < 1.29 is 9.18 Å². The molecule has 2 aliphatic rings. The highest BCUT2D eigenvalue weighted by Gasteiger charge is 2.36. The van der Waals surface area contributed by atoms with Crippen LogP contribution >= 0.6 is 0 Å². The third-order valence-corrected chi connectivity index (χ3v) is 5.18. The summed E-state index contributed by atoms with van der Waals surface area (Å²) in [5.41, 5.74) is 1.64. The number of carbonyl (C=O) groups is 1. The zero-order valence-electron chi connectivity index (χ0n) is 14.9. The summed E-state index contributed by atoms with van der Waals surface area (Å²) in [6.07, 6.45) is 3.42. The first-order valence-corrected chi connectivity index (χ1v) is 9.15. The molecule has 0 saturated carbocycles. The minimum absolute atomic E-state index is 0.0311. The van der Waals surface area contributed by atoms with Crippen molar-refractivity contribution in [2.24, 2.45) is 0 Å². The maximum absolute atomic E-state index is 13.5. The van der Waals surface area contributed by atoms with Crippen molar-refractivity contribution in [2.45, 2.75) is 31.1 Å². The summed E-state index contributed by atoms with van der Waals surface area (Å²) >= 11 is 0.